The average molecular weight is 602 g/mol. The van der Waals surface area contributed by atoms with E-state index >= 15 is 0 Å². The van der Waals surface area contributed by atoms with E-state index in [1.54, 1.807) is 0 Å². The molecule has 10 rings (SSSR count). The molecule has 0 fully saturated rings. The summed E-state index contributed by atoms with van der Waals surface area (Å²) in [6.07, 6.45) is 0. The minimum atomic E-state index is -0.400. The van der Waals surface area contributed by atoms with Crippen molar-refractivity contribution in [2.45, 2.75) is 0 Å². The van der Waals surface area contributed by atoms with E-state index in [0.29, 0.717) is 5.56 Å². The highest BCUT2D eigenvalue weighted by Gasteiger charge is 2.20. The van der Waals surface area contributed by atoms with Crippen LogP contribution in [0.15, 0.2) is 174 Å². The fraction of sp³-hybridized carbons (Fsp3) is 0. The van der Waals surface area contributed by atoms with E-state index in [-0.39, 0.29) is 29.7 Å². The quantitative estimate of drug-likeness (QED) is 0.184. The van der Waals surface area contributed by atoms with E-state index in [9.17, 15) is 0 Å². The van der Waals surface area contributed by atoms with Crippen LogP contribution in [0.3, 0.4) is 0 Å². The minimum Gasteiger partial charge on any atom is -0.456 e. The first kappa shape index (κ1) is 21.5. The summed E-state index contributed by atoms with van der Waals surface area (Å²) in [5.41, 5.74) is 6.83. The largest absolute Gasteiger partial charge is 0.456 e. The smallest absolute Gasteiger partial charge is 0.136 e. The SMILES string of the molecule is [2H]c1c([2H])c([2H])c(-c2c3ccccc3c(-c3ccc(-c4cccc5oc6ccc7ccccc7c6c45)c4ccccc34)c3ccccc23)c([2H])c1[2H]. The van der Waals surface area contributed by atoms with E-state index in [4.69, 9.17) is 11.3 Å². The third-order valence-electron chi connectivity index (χ3n) is 9.55. The molecule has 0 bridgehead atoms. The van der Waals surface area contributed by atoms with Gasteiger partial charge in [-0.15, -0.1) is 0 Å². The van der Waals surface area contributed by atoms with E-state index in [0.717, 1.165) is 81.9 Å². The van der Waals surface area contributed by atoms with Gasteiger partial charge in [0.2, 0.25) is 0 Å². The Bertz CT molecular complexity index is 3050. The Labute approximate surface area is 279 Å². The molecule has 0 amide bonds. The van der Waals surface area contributed by atoms with Crippen molar-refractivity contribution in [1.29, 1.82) is 0 Å². The lowest BCUT2D eigenvalue weighted by Crippen LogP contribution is -1.92. The van der Waals surface area contributed by atoms with Gasteiger partial charge in [0.05, 0.1) is 6.85 Å². The lowest BCUT2D eigenvalue weighted by Gasteiger charge is -2.19. The highest BCUT2D eigenvalue weighted by molar-refractivity contribution is 6.26. The van der Waals surface area contributed by atoms with Crippen molar-refractivity contribution in [3.8, 4) is 33.4 Å². The molecule has 218 valence electrons. The van der Waals surface area contributed by atoms with Gasteiger partial charge in [0.15, 0.2) is 0 Å². The van der Waals surface area contributed by atoms with Crippen LogP contribution in [0, 0.1) is 0 Å². The number of rotatable bonds is 3. The van der Waals surface area contributed by atoms with Crippen LogP contribution in [0.1, 0.15) is 6.85 Å². The third kappa shape index (κ3) is 3.84. The molecule has 10 aromatic rings. The maximum Gasteiger partial charge on any atom is 0.136 e. The second-order valence-electron chi connectivity index (χ2n) is 12.0. The monoisotopic (exact) mass is 601 g/mol. The zero-order valence-electron chi connectivity index (χ0n) is 30.2. The topological polar surface area (TPSA) is 13.1 Å². The van der Waals surface area contributed by atoms with Crippen molar-refractivity contribution in [3.63, 3.8) is 0 Å². The van der Waals surface area contributed by atoms with E-state index < -0.39 is 6.04 Å². The normalized spacial score (nSPS) is 13.3. The Hall–Kier alpha value is -6.18. The number of hydrogen-bond donors (Lipinski definition) is 0. The van der Waals surface area contributed by atoms with Gasteiger partial charge in [-0.3, -0.25) is 0 Å². The zero-order chi connectivity index (χ0) is 35.2. The van der Waals surface area contributed by atoms with Crippen LogP contribution in [-0.4, -0.2) is 0 Å². The Balaban J connectivity index is 1.30. The molecule has 0 atom stereocenters. The molecule has 0 saturated carbocycles. The Morgan fingerprint density at radius 3 is 1.62 bits per heavy atom. The fourth-order valence-electron chi connectivity index (χ4n) is 7.63. The van der Waals surface area contributed by atoms with E-state index in [2.05, 4.69) is 97.1 Å². The van der Waals surface area contributed by atoms with Crippen molar-refractivity contribution < 1.29 is 11.3 Å². The summed E-state index contributed by atoms with van der Waals surface area (Å²) < 4.78 is 49.5. The lowest BCUT2D eigenvalue weighted by atomic mass is 9.83. The maximum atomic E-state index is 8.92. The predicted molar refractivity (Wildman–Crippen MR) is 200 cm³/mol. The van der Waals surface area contributed by atoms with Crippen molar-refractivity contribution in [2.24, 2.45) is 0 Å². The van der Waals surface area contributed by atoms with Gasteiger partial charge in [0.1, 0.15) is 11.2 Å². The summed E-state index contributed by atoms with van der Waals surface area (Å²) in [5.74, 6) is 0. The molecule has 1 aromatic heterocycles. The molecule has 1 heteroatoms. The van der Waals surface area contributed by atoms with Gasteiger partial charge in [0.25, 0.3) is 0 Å². The molecule has 1 heterocycles. The predicted octanol–water partition coefficient (Wildman–Crippen LogP) is 13.2. The van der Waals surface area contributed by atoms with Gasteiger partial charge < -0.3 is 4.42 Å². The molecule has 0 spiro atoms. The molecule has 0 saturated heterocycles. The van der Waals surface area contributed by atoms with Crippen LogP contribution >= 0.6 is 0 Å². The van der Waals surface area contributed by atoms with Crippen LogP contribution in [0.2, 0.25) is 0 Å². The van der Waals surface area contributed by atoms with Gasteiger partial charge in [-0.2, -0.15) is 0 Å². The molecule has 9 aromatic carbocycles. The van der Waals surface area contributed by atoms with Gasteiger partial charge >= 0.3 is 0 Å². The van der Waals surface area contributed by atoms with E-state index in [1.807, 2.05) is 42.5 Å². The first-order valence-corrected chi connectivity index (χ1v) is 15.8. The van der Waals surface area contributed by atoms with Gasteiger partial charge in [0, 0.05) is 10.8 Å². The Morgan fingerprint density at radius 1 is 0.362 bits per heavy atom. The molecular weight excluding hydrogens is 569 g/mol. The number of furan rings is 1. The molecule has 0 radical (unpaired) electrons. The fourth-order valence-corrected chi connectivity index (χ4v) is 7.63. The molecule has 0 aliphatic carbocycles. The Kier molecular flexibility index (Phi) is 4.66. The first-order chi connectivity index (χ1) is 25.4. The average Bonchev–Trinajstić information content (AvgIpc) is 3.59. The summed E-state index contributed by atoms with van der Waals surface area (Å²) in [5, 5.41) is 10.2. The molecule has 0 aliphatic rings. The highest BCUT2D eigenvalue weighted by Crippen LogP contribution is 2.47. The van der Waals surface area contributed by atoms with E-state index in [1.165, 1.54) is 5.39 Å². The summed E-state index contributed by atoms with van der Waals surface area (Å²) >= 11 is 0. The third-order valence-corrected chi connectivity index (χ3v) is 9.55. The van der Waals surface area contributed by atoms with Gasteiger partial charge in [-0.1, -0.05) is 158 Å². The molecule has 1 nitrogen and oxygen atoms in total. The highest BCUT2D eigenvalue weighted by atomic mass is 16.3. The summed E-state index contributed by atoms with van der Waals surface area (Å²) in [4.78, 5) is 0. The van der Waals surface area contributed by atoms with Crippen LogP contribution in [0.5, 0.6) is 0 Å². The van der Waals surface area contributed by atoms with Crippen molar-refractivity contribution in [1.82, 2.24) is 0 Å². The lowest BCUT2D eigenvalue weighted by molar-refractivity contribution is 0.669. The number of benzene rings is 9. The van der Waals surface area contributed by atoms with Crippen molar-refractivity contribution >= 4 is 65.0 Å². The molecule has 0 unspecified atom stereocenters. The van der Waals surface area contributed by atoms with Crippen LogP contribution in [0.4, 0.5) is 0 Å². The molecule has 47 heavy (non-hydrogen) atoms. The summed E-state index contributed by atoms with van der Waals surface area (Å²) in [7, 11) is 0. The van der Waals surface area contributed by atoms with Gasteiger partial charge in [-0.25, -0.2) is 0 Å². The maximum absolute atomic E-state index is 8.92. The zero-order valence-corrected chi connectivity index (χ0v) is 25.2. The number of hydrogen-bond acceptors (Lipinski definition) is 1. The van der Waals surface area contributed by atoms with Crippen molar-refractivity contribution in [3.05, 3.63) is 170 Å². The molecule has 0 aliphatic heterocycles. The second-order valence-corrected chi connectivity index (χ2v) is 12.0. The molecular formula is C46H28O. The second kappa shape index (κ2) is 10.2. The standard InChI is InChI=1S/C46H28O/c1-2-14-30(15-3-1)43-36-19-8-10-21-38(36)44(39-22-11-9-20-37(39)43)40-27-26-34(32-17-6-7-18-33(32)40)35-23-12-24-41-46(35)45-31-16-5-4-13-29(31)25-28-42(45)47-41/h1-28H/i1D,2D,3D,14D,15D. The van der Waals surface area contributed by atoms with Crippen molar-refractivity contribution in [2.75, 3.05) is 0 Å². The van der Waals surface area contributed by atoms with Crippen LogP contribution in [0.25, 0.3) is 98.4 Å². The summed E-state index contributed by atoms with van der Waals surface area (Å²) in [6, 6.07) is 46.3. The Morgan fingerprint density at radius 2 is 0.915 bits per heavy atom. The summed E-state index contributed by atoms with van der Waals surface area (Å²) in [6.45, 7) is 0. The van der Waals surface area contributed by atoms with Crippen LogP contribution < -0.4 is 0 Å². The van der Waals surface area contributed by atoms with Gasteiger partial charge in [-0.05, 0) is 88.6 Å². The number of fused-ring (bicyclic) bond motifs is 8. The molecule has 0 N–H and O–H groups in total. The van der Waals surface area contributed by atoms with Crippen LogP contribution in [-0.2, 0) is 0 Å². The minimum absolute atomic E-state index is 0.207. The first-order valence-electron chi connectivity index (χ1n) is 18.3.